The molecule has 0 atom stereocenters. The van der Waals surface area contributed by atoms with E-state index >= 15 is 0 Å². The number of halogens is 3. The summed E-state index contributed by atoms with van der Waals surface area (Å²) in [4.78, 5) is 29.3. The lowest BCUT2D eigenvalue weighted by atomic mass is 10.2. The van der Waals surface area contributed by atoms with E-state index in [0.717, 1.165) is 0 Å². The summed E-state index contributed by atoms with van der Waals surface area (Å²) < 4.78 is 5.53. The van der Waals surface area contributed by atoms with Gasteiger partial charge in [0, 0.05) is 15.7 Å². The average molecular weight is 533 g/mol. The Balaban J connectivity index is 1.37. The maximum atomic E-state index is 12.3. The lowest BCUT2D eigenvalue weighted by Crippen LogP contribution is -2.20. The van der Waals surface area contributed by atoms with E-state index in [-0.39, 0.29) is 18.4 Å². The Morgan fingerprint density at radius 3 is 2.35 bits per heavy atom. The van der Waals surface area contributed by atoms with E-state index in [1.165, 1.54) is 11.8 Å². The highest BCUT2D eigenvalue weighted by atomic mass is 35.5. The molecule has 2 amide bonds. The van der Waals surface area contributed by atoms with Gasteiger partial charge < -0.3 is 15.4 Å². The van der Waals surface area contributed by atoms with Crippen molar-refractivity contribution in [3.63, 3.8) is 0 Å². The first-order valence-electron chi connectivity index (χ1n) is 9.89. The van der Waals surface area contributed by atoms with Crippen molar-refractivity contribution in [1.29, 1.82) is 0 Å². The molecule has 172 valence electrons. The van der Waals surface area contributed by atoms with Crippen molar-refractivity contribution in [2.24, 2.45) is 4.99 Å². The Morgan fingerprint density at radius 1 is 1.00 bits per heavy atom. The van der Waals surface area contributed by atoms with Crippen LogP contribution in [0, 0.1) is 0 Å². The number of aliphatic imine (C=N–C) groups is 1. The van der Waals surface area contributed by atoms with Gasteiger partial charge in [-0.05, 0) is 84.1 Å². The second-order valence-corrected chi connectivity index (χ2v) is 9.30. The summed E-state index contributed by atoms with van der Waals surface area (Å²) in [5.41, 5.74) is 1.99. The molecule has 1 aliphatic heterocycles. The Morgan fingerprint density at radius 2 is 1.68 bits per heavy atom. The summed E-state index contributed by atoms with van der Waals surface area (Å²) in [5, 5.41) is 7.41. The molecular formula is C24H16Cl3N3O3S. The van der Waals surface area contributed by atoms with Crippen LogP contribution in [-0.2, 0) is 9.59 Å². The van der Waals surface area contributed by atoms with Gasteiger partial charge in [0.15, 0.2) is 11.8 Å². The van der Waals surface area contributed by atoms with Crippen LogP contribution in [-0.4, -0.2) is 23.6 Å². The standard InChI is InChI=1S/C24H16Cl3N3O3S/c25-15-2-6-17(7-3-15)28-22(31)13-33-20-10-1-14(11-19(20)27)12-21-23(32)30-24(34-21)29-18-8-4-16(26)5-9-18/h1-12H,13H2,(H,28,31)(H,29,30,32)/b21-12-. The Bertz CT molecular complexity index is 1290. The van der Waals surface area contributed by atoms with Crippen molar-refractivity contribution in [2.75, 3.05) is 11.9 Å². The number of anilines is 1. The number of ether oxygens (including phenoxy) is 1. The van der Waals surface area contributed by atoms with Crippen LogP contribution in [0.3, 0.4) is 0 Å². The monoisotopic (exact) mass is 531 g/mol. The number of amides is 2. The fourth-order valence-corrected chi connectivity index (χ4v) is 4.20. The lowest BCUT2D eigenvalue weighted by Gasteiger charge is -2.09. The minimum atomic E-state index is -0.337. The van der Waals surface area contributed by atoms with Crippen molar-refractivity contribution >= 4 is 81.0 Å². The van der Waals surface area contributed by atoms with Crippen LogP contribution < -0.4 is 15.4 Å². The predicted octanol–water partition coefficient (Wildman–Crippen LogP) is 6.56. The predicted molar refractivity (Wildman–Crippen MR) is 139 cm³/mol. The molecule has 1 saturated heterocycles. The fraction of sp³-hybridized carbons (Fsp3) is 0.0417. The van der Waals surface area contributed by atoms with E-state index in [4.69, 9.17) is 39.5 Å². The van der Waals surface area contributed by atoms with Gasteiger partial charge in [-0.3, -0.25) is 9.59 Å². The van der Waals surface area contributed by atoms with Crippen molar-refractivity contribution in [1.82, 2.24) is 5.32 Å². The zero-order valence-corrected chi connectivity index (χ0v) is 20.4. The van der Waals surface area contributed by atoms with Crippen LogP contribution in [0.5, 0.6) is 5.75 Å². The van der Waals surface area contributed by atoms with Crippen LogP contribution in [0.25, 0.3) is 6.08 Å². The second-order valence-electron chi connectivity index (χ2n) is 6.99. The number of rotatable bonds is 6. The van der Waals surface area contributed by atoms with Gasteiger partial charge in [-0.25, -0.2) is 4.99 Å². The quantitative estimate of drug-likeness (QED) is 0.353. The molecule has 0 spiro atoms. The maximum Gasteiger partial charge on any atom is 0.264 e. The highest BCUT2D eigenvalue weighted by molar-refractivity contribution is 8.18. The fourth-order valence-electron chi connectivity index (χ4n) is 2.86. The third-order valence-corrected chi connectivity index (χ3v) is 6.16. The van der Waals surface area contributed by atoms with E-state index in [9.17, 15) is 9.59 Å². The molecule has 2 N–H and O–H groups in total. The second kappa shape index (κ2) is 11.0. The number of amidine groups is 1. The smallest absolute Gasteiger partial charge is 0.264 e. The summed E-state index contributed by atoms with van der Waals surface area (Å²) >= 11 is 19.3. The first-order valence-corrected chi connectivity index (χ1v) is 11.8. The minimum absolute atomic E-state index is 0.217. The van der Waals surface area contributed by atoms with Gasteiger partial charge in [0.1, 0.15) is 5.75 Å². The molecule has 0 unspecified atom stereocenters. The van der Waals surface area contributed by atoms with Gasteiger partial charge in [-0.2, -0.15) is 0 Å². The van der Waals surface area contributed by atoms with Crippen molar-refractivity contribution < 1.29 is 14.3 Å². The zero-order valence-electron chi connectivity index (χ0n) is 17.3. The summed E-state index contributed by atoms with van der Waals surface area (Å²) in [6, 6.07) is 18.8. The van der Waals surface area contributed by atoms with E-state index in [1.54, 1.807) is 72.8 Å². The van der Waals surface area contributed by atoms with Crippen LogP contribution in [0.2, 0.25) is 15.1 Å². The van der Waals surface area contributed by atoms with Gasteiger partial charge in [-0.15, -0.1) is 0 Å². The molecule has 34 heavy (non-hydrogen) atoms. The van der Waals surface area contributed by atoms with Crippen molar-refractivity contribution in [3.05, 3.63) is 92.3 Å². The molecule has 0 bridgehead atoms. The Kier molecular flexibility index (Phi) is 7.80. The van der Waals surface area contributed by atoms with E-state index < -0.39 is 0 Å². The van der Waals surface area contributed by atoms with Gasteiger partial charge in [0.25, 0.3) is 11.8 Å². The largest absolute Gasteiger partial charge is 0.482 e. The van der Waals surface area contributed by atoms with Gasteiger partial charge in [-0.1, -0.05) is 40.9 Å². The molecule has 0 saturated carbocycles. The number of hydrogen-bond acceptors (Lipinski definition) is 5. The topological polar surface area (TPSA) is 79.8 Å². The number of carbonyl (C=O) groups excluding carboxylic acids is 2. The van der Waals surface area contributed by atoms with Crippen LogP contribution in [0.1, 0.15) is 5.56 Å². The highest BCUT2D eigenvalue weighted by Crippen LogP contribution is 2.31. The molecule has 1 fully saturated rings. The third kappa shape index (κ3) is 6.55. The van der Waals surface area contributed by atoms with Crippen molar-refractivity contribution in [2.45, 2.75) is 0 Å². The molecule has 4 rings (SSSR count). The molecular weight excluding hydrogens is 517 g/mol. The molecule has 1 aliphatic rings. The summed E-state index contributed by atoms with van der Waals surface area (Å²) in [6.07, 6.45) is 1.70. The summed E-state index contributed by atoms with van der Waals surface area (Å²) in [5.74, 6) is -0.243. The molecule has 0 radical (unpaired) electrons. The average Bonchev–Trinajstić information content (AvgIpc) is 3.14. The maximum absolute atomic E-state index is 12.3. The molecule has 1 heterocycles. The van der Waals surface area contributed by atoms with Crippen LogP contribution >= 0.6 is 46.6 Å². The molecule has 3 aromatic carbocycles. The molecule has 3 aromatic rings. The number of nitrogens with one attached hydrogen (secondary N) is 2. The number of thioether (sulfide) groups is 1. The van der Waals surface area contributed by atoms with Crippen molar-refractivity contribution in [3.8, 4) is 5.75 Å². The SMILES string of the molecule is O=C(COc1ccc(/C=C2\SC(=Nc3ccc(Cl)cc3)NC2=O)cc1Cl)Nc1ccc(Cl)cc1. The molecule has 10 heteroatoms. The highest BCUT2D eigenvalue weighted by Gasteiger charge is 2.24. The first kappa shape index (κ1) is 24.2. The zero-order chi connectivity index (χ0) is 24.1. The number of carbonyl (C=O) groups is 2. The Labute approximate surface area is 215 Å². The normalized spacial score (nSPS) is 15.4. The third-order valence-electron chi connectivity index (χ3n) is 4.45. The minimum Gasteiger partial charge on any atom is -0.482 e. The van der Waals surface area contributed by atoms with Gasteiger partial charge in [0.05, 0.1) is 15.6 Å². The van der Waals surface area contributed by atoms with Gasteiger partial charge in [0.2, 0.25) is 0 Å². The molecule has 0 aliphatic carbocycles. The summed E-state index contributed by atoms with van der Waals surface area (Å²) in [6.45, 7) is -0.217. The summed E-state index contributed by atoms with van der Waals surface area (Å²) in [7, 11) is 0. The molecule has 0 aromatic heterocycles. The number of nitrogens with zero attached hydrogens (tertiary/aromatic N) is 1. The first-order chi connectivity index (χ1) is 16.4. The number of benzene rings is 3. The Hall–Kier alpha value is -2.97. The van der Waals surface area contributed by atoms with E-state index in [1.807, 2.05) is 0 Å². The van der Waals surface area contributed by atoms with E-state index in [2.05, 4.69) is 15.6 Å². The van der Waals surface area contributed by atoms with E-state index in [0.29, 0.717) is 47.8 Å². The molecule has 6 nitrogen and oxygen atoms in total. The van der Waals surface area contributed by atoms with Crippen LogP contribution in [0.15, 0.2) is 76.6 Å². The number of hydrogen-bond donors (Lipinski definition) is 2. The van der Waals surface area contributed by atoms with Crippen LogP contribution in [0.4, 0.5) is 11.4 Å². The lowest BCUT2D eigenvalue weighted by molar-refractivity contribution is -0.118. The van der Waals surface area contributed by atoms with Gasteiger partial charge >= 0.3 is 0 Å².